The van der Waals surface area contributed by atoms with Crippen LogP contribution in [0.1, 0.15) is 18.4 Å². The van der Waals surface area contributed by atoms with E-state index in [9.17, 15) is 4.79 Å². The normalized spacial score (nSPS) is 19.2. The Bertz CT molecular complexity index is 500. The summed E-state index contributed by atoms with van der Waals surface area (Å²) in [4.78, 5) is 12.5. The first kappa shape index (κ1) is 15.8. The number of halogens is 1. The number of likely N-dealkylation sites (tertiary alicyclic amines) is 1. The number of nitrogens with zero attached hydrogens (tertiary/aromatic N) is 3. The van der Waals surface area contributed by atoms with Crippen LogP contribution in [0.4, 0.5) is 10.6 Å². The largest absolute Gasteiger partial charge is 0.505 e. The first-order valence-electron chi connectivity index (χ1n) is 6.89. The number of carbonyl (C=O) groups is 1. The molecule has 1 aliphatic heterocycles. The number of aromatic nitrogens is 2. The minimum Gasteiger partial charge on any atom is -0.450 e. The van der Waals surface area contributed by atoms with Crippen molar-refractivity contribution in [2.24, 2.45) is 0 Å². The number of anilines is 1. The Labute approximate surface area is 128 Å². The molecular formula is C13H19ClN4O3. The van der Waals surface area contributed by atoms with Gasteiger partial charge in [0, 0.05) is 19.1 Å². The molecule has 0 saturated carbocycles. The molecule has 1 aromatic heterocycles. The molecule has 2 N–H and O–H groups in total. The molecule has 8 heteroatoms. The maximum atomic E-state index is 10.3. The zero-order valence-electron chi connectivity index (χ0n) is 11.9. The number of aryl methyl sites for hydroxylation is 1. The van der Waals surface area contributed by atoms with Gasteiger partial charge in [-0.1, -0.05) is 11.6 Å². The Hall–Kier alpha value is -1.60. The van der Waals surface area contributed by atoms with E-state index >= 15 is 0 Å². The molecule has 21 heavy (non-hydrogen) atoms. The Kier molecular flexibility index (Phi) is 5.58. The van der Waals surface area contributed by atoms with Crippen molar-refractivity contribution in [2.75, 3.05) is 31.6 Å². The van der Waals surface area contributed by atoms with E-state index in [-0.39, 0.29) is 12.6 Å². The van der Waals surface area contributed by atoms with Crippen LogP contribution in [0.15, 0.2) is 6.07 Å². The second-order valence-corrected chi connectivity index (χ2v) is 5.46. The predicted octanol–water partition coefficient (Wildman–Crippen LogP) is 2.01. The molecule has 1 saturated heterocycles. The number of hydrogen-bond donors (Lipinski definition) is 2. The first-order chi connectivity index (χ1) is 10.0. The molecule has 0 aliphatic carbocycles. The lowest BCUT2D eigenvalue weighted by molar-refractivity contribution is 0.0765. The molecule has 0 aromatic carbocycles. The molecule has 0 amide bonds. The monoisotopic (exact) mass is 314 g/mol. The highest BCUT2D eigenvalue weighted by atomic mass is 35.5. The molecule has 0 unspecified atom stereocenters. The van der Waals surface area contributed by atoms with Gasteiger partial charge < -0.3 is 15.2 Å². The van der Waals surface area contributed by atoms with E-state index in [1.54, 1.807) is 0 Å². The Morgan fingerprint density at radius 3 is 3.14 bits per heavy atom. The summed E-state index contributed by atoms with van der Waals surface area (Å²) >= 11 is 5.86. The molecule has 7 nitrogen and oxygen atoms in total. The van der Waals surface area contributed by atoms with Crippen molar-refractivity contribution < 1.29 is 14.6 Å². The summed E-state index contributed by atoms with van der Waals surface area (Å²) in [6.07, 6.45) is 0.860. The molecule has 2 rings (SSSR count). The third kappa shape index (κ3) is 5.02. The molecule has 1 aliphatic rings. The molecule has 0 bridgehead atoms. The van der Waals surface area contributed by atoms with E-state index < -0.39 is 6.16 Å². The molecule has 1 atom stereocenters. The fraction of sp³-hybridized carbons (Fsp3) is 0.615. The van der Waals surface area contributed by atoms with Gasteiger partial charge >= 0.3 is 6.16 Å². The lowest BCUT2D eigenvalue weighted by atomic mass is 10.1. The highest BCUT2D eigenvalue weighted by Gasteiger charge is 2.20. The zero-order valence-corrected chi connectivity index (χ0v) is 12.6. The quantitative estimate of drug-likeness (QED) is 0.804. The molecular weight excluding hydrogens is 296 g/mol. The second-order valence-electron chi connectivity index (χ2n) is 5.10. The average Bonchev–Trinajstić information content (AvgIpc) is 2.43. The van der Waals surface area contributed by atoms with E-state index in [0.29, 0.717) is 17.5 Å². The smallest absolute Gasteiger partial charge is 0.450 e. The van der Waals surface area contributed by atoms with Crippen LogP contribution in [0.25, 0.3) is 0 Å². The van der Waals surface area contributed by atoms with Gasteiger partial charge in [-0.3, -0.25) is 4.90 Å². The van der Waals surface area contributed by atoms with Crippen molar-refractivity contribution in [2.45, 2.75) is 25.8 Å². The van der Waals surface area contributed by atoms with Gasteiger partial charge in [0.05, 0.1) is 0 Å². The summed E-state index contributed by atoms with van der Waals surface area (Å²) in [5.74, 6) is 0.713. The average molecular weight is 315 g/mol. The van der Waals surface area contributed by atoms with E-state index in [0.717, 1.165) is 31.5 Å². The number of hydrogen-bond acceptors (Lipinski definition) is 6. The van der Waals surface area contributed by atoms with Crippen LogP contribution in [0.5, 0.6) is 0 Å². The number of rotatable bonds is 5. The topological polar surface area (TPSA) is 87.6 Å². The van der Waals surface area contributed by atoms with Crippen LogP contribution in [0.2, 0.25) is 5.15 Å². The number of carboxylic acid groups (broad SMARTS) is 1. The number of ether oxygens (including phenoxy) is 1. The van der Waals surface area contributed by atoms with Gasteiger partial charge in [-0.2, -0.15) is 0 Å². The lowest BCUT2D eigenvalue weighted by Crippen LogP contribution is -2.43. The van der Waals surface area contributed by atoms with Crippen LogP contribution in [0.3, 0.4) is 0 Å². The van der Waals surface area contributed by atoms with E-state index in [1.807, 2.05) is 13.0 Å². The Morgan fingerprint density at radius 2 is 2.43 bits per heavy atom. The highest BCUT2D eigenvalue weighted by Crippen LogP contribution is 2.17. The second kappa shape index (κ2) is 7.42. The first-order valence-corrected chi connectivity index (χ1v) is 7.27. The maximum absolute atomic E-state index is 10.3. The van der Waals surface area contributed by atoms with Crippen LogP contribution < -0.4 is 5.32 Å². The van der Waals surface area contributed by atoms with Crippen molar-refractivity contribution in [3.8, 4) is 0 Å². The summed E-state index contributed by atoms with van der Waals surface area (Å²) < 4.78 is 4.54. The summed E-state index contributed by atoms with van der Waals surface area (Å²) in [6, 6.07) is 2.14. The van der Waals surface area contributed by atoms with Gasteiger partial charge in [0.15, 0.2) is 5.15 Å². The van der Waals surface area contributed by atoms with E-state index in [1.165, 1.54) is 0 Å². The molecule has 116 valence electrons. The standard InChI is InChI=1S/C13H19ClN4O3/c1-9-7-11(16-17-12(9)14)15-10-3-2-4-18(8-10)5-6-21-13(19)20/h7,10H,2-6,8H2,1H3,(H,15,16)(H,19,20)/t10-/m1/s1. The Morgan fingerprint density at radius 1 is 1.62 bits per heavy atom. The summed E-state index contributed by atoms with van der Waals surface area (Å²) in [7, 11) is 0. The van der Waals surface area contributed by atoms with Gasteiger partial charge in [0.2, 0.25) is 0 Å². The van der Waals surface area contributed by atoms with Gasteiger partial charge in [0.25, 0.3) is 0 Å². The van der Waals surface area contributed by atoms with Crippen LogP contribution in [-0.4, -0.2) is 58.6 Å². The molecule has 0 radical (unpaired) electrons. The minimum absolute atomic E-state index is 0.196. The van der Waals surface area contributed by atoms with Gasteiger partial charge in [0.1, 0.15) is 12.4 Å². The summed E-state index contributed by atoms with van der Waals surface area (Å²) in [5.41, 5.74) is 0.886. The lowest BCUT2D eigenvalue weighted by Gasteiger charge is -2.33. The van der Waals surface area contributed by atoms with Gasteiger partial charge in [-0.25, -0.2) is 4.79 Å². The van der Waals surface area contributed by atoms with Crippen molar-refractivity contribution in [1.82, 2.24) is 15.1 Å². The van der Waals surface area contributed by atoms with Crippen molar-refractivity contribution in [3.63, 3.8) is 0 Å². The van der Waals surface area contributed by atoms with Gasteiger partial charge in [-0.15, -0.1) is 10.2 Å². The Balaban J connectivity index is 1.83. The van der Waals surface area contributed by atoms with Crippen molar-refractivity contribution >= 4 is 23.6 Å². The maximum Gasteiger partial charge on any atom is 0.505 e. The SMILES string of the molecule is Cc1cc(N[C@@H]2CCCN(CCOC(=O)O)C2)nnc1Cl. The number of piperidine rings is 1. The summed E-state index contributed by atoms with van der Waals surface area (Å²) in [6.45, 7) is 4.47. The molecule has 2 heterocycles. The molecule has 0 spiro atoms. The van der Waals surface area contributed by atoms with E-state index in [4.69, 9.17) is 16.7 Å². The third-order valence-electron chi connectivity index (χ3n) is 3.41. The molecule has 1 aromatic rings. The van der Waals surface area contributed by atoms with Crippen molar-refractivity contribution in [1.29, 1.82) is 0 Å². The summed E-state index contributed by atoms with van der Waals surface area (Å²) in [5, 5.41) is 20.1. The van der Waals surface area contributed by atoms with Crippen LogP contribution in [0, 0.1) is 6.92 Å². The van der Waals surface area contributed by atoms with Crippen molar-refractivity contribution in [3.05, 3.63) is 16.8 Å². The fourth-order valence-corrected chi connectivity index (χ4v) is 2.48. The van der Waals surface area contributed by atoms with E-state index in [2.05, 4.69) is 25.2 Å². The third-order valence-corrected chi connectivity index (χ3v) is 3.79. The van der Waals surface area contributed by atoms with Crippen LogP contribution >= 0.6 is 11.6 Å². The molecule has 1 fully saturated rings. The van der Waals surface area contributed by atoms with Crippen LogP contribution in [-0.2, 0) is 4.74 Å². The van der Waals surface area contributed by atoms with Gasteiger partial charge in [-0.05, 0) is 37.9 Å². The predicted molar refractivity (Wildman–Crippen MR) is 78.8 cm³/mol. The minimum atomic E-state index is -1.23. The highest BCUT2D eigenvalue weighted by molar-refractivity contribution is 6.30. The fourth-order valence-electron chi connectivity index (χ4n) is 2.39. The number of nitrogens with one attached hydrogen (secondary N) is 1. The zero-order chi connectivity index (χ0) is 15.2.